The second-order valence-electron chi connectivity index (χ2n) is 5.88. The Balaban J connectivity index is 1.83. The number of anilines is 1. The second kappa shape index (κ2) is 7.10. The normalized spacial score (nSPS) is 15.0. The second-order valence-corrected chi connectivity index (χ2v) is 7.53. The molecule has 0 atom stereocenters. The van der Waals surface area contributed by atoms with Crippen LogP contribution in [0.3, 0.4) is 0 Å². The summed E-state index contributed by atoms with van der Waals surface area (Å²) in [5.41, 5.74) is -0.165. The van der Waals surface area contributed by atoms with Gasteiger partial charge in [-0.3, -0.25) is 14.8 Å². The van der Waals surface area contributed by atoms with Gasteiger partial charge in [-0.2, -0.15) is 0 Å². The van der Waals surface area contributed by atoms with E-state index in [4.69, 9.17) is 4.74 Å². The monoisotopic (exact) mass is 362 g/mol. The van der Waals surface area contributed by atoms with Crippen molar-refractivity contribution in [3.05, 3.63) is 58.6 Å². The van der Waals surface area contributed by atoms with Crippen LogP contribution in [0.25, 0.3) is 0 Å². The first-order chi connectivity index (χ1) is 12.0. The molecule has 1 N–H and O–H groups in total. The summed E-state index contributed by atoms with van der Waals surface area (Å²) in [7, 11) is -4.08. The van der Waals surface area contributed by atoms with Crippen molar-refractivity contribution in [1.29, 1.82) is 0 Å². The zero-order valence-electron chi connectivity index (χ0n) is 13.4. The van der Waals surface area contributed by atoms with Crippen LogP contribution in [0.4, 0.5) is 11.4 Å². The number of benzene rings is 2. The van der Waals surface area contributed by atoms with Crippen LogP contribution in [0, 0.1) is 10.1 Å². The Hall–Kier alpha value is -2.61. The van der Waals surface area contributed by atoms with Crippen molar-refractivity contribution in [3.8, 4) is 5.75 Å². The molecule has 0 radical (unpaired) electrons. The summed E-state index contributed by atoms with van der Waals surface area (Å²) in [4.78, 5) is 9.97. The fraction of sp³-hybridized carbons (Fsp3) is 0.294. The van der Waals surface area contributed by atoms with Crippen LogP contribution in [0.2, 0.25) is 0 Å². The van der Waals surface area contributed by atoms with Gasteiger partial charge in [0.05, 0.1) is 16.7 Å². The Bertz CT molecular complexity index is 876. The summed E-state index contributed by atoms with van der Waals surface area (Å²) in [5, 5.41) is 11.1. The van der Waals surface area contributed by atoms with E-state index in [9.17, 15) is 18.5 Å². The summed E-state index contributed by atoms with van der Waals surface area (Å²) in [6.07, 6.45) is 4.41. The van der Waals surface area contributed by atoms with Crippen LogP contribution in [-0.4, -0.2) is 19.4 Å². The molecule has 0 spiro atoms. The van der Waals surface area contributed by atoms with E-state index in [2.05, 4.69) is 4.72 Å². The minimum Gasteiger partial charge on any atom is -0.490 e. The van der Waals surface area contributed by atoms with Gasteiger partial charge in [0.1, 0.15) is 5.75 Å². The van der Waals surface area contributed by atoms with Crippen molar-refractivity contribution in [2.24, 2.45) is 0 Å². The summed E-state index contributed by atoms with van der Waals surface area (Å²) in [6.45, 7) is 0. The number of nitrogens with one attached hydrogen (secondary N) is 1. The van der Waals surface area contributed by atoms with Gasteiger partial charge < -0.3 is 4.74 Å². The molecule has 1 saturated carbocycles. The van der Waals surface area contributed by atoms with Crippen LogP contribution >= 0.6 is 0 Å². The van der Waals surface area contributed by atoms with E-state index in [0.29, 0.717) is 11.4 Å². The lowest BCUT2D eigenvalue weighted by atomic mass is 10.3. The van der Waals surface area contributed by atoms with Gasteiger partial charge in [0.25, 0.3) is 15.7 Å². The lowest BCUT2D eigenvalue weighted by molar-refractivity contribution is -0.387. The quantitative estimate of drug-likeness (QED) is 0.624. The fourth-order valence-electron chi connectivity index (χ4n) is 2.88. The van der Waals surface area contributed by atoms with Crippen LogP contribution in [0.5, 0.6) is 5.75 Å². The molecule has 1 aliphatic rings. The minimum absolute atomic E-state index is 0.155. The van der Waals surface area contributed by atoms with Crippen molar-refractivity contribution >= 4 is 21.4 Å². The first-order valence-electron chi connectivity index (χ1n) is 7.99. The van der Waals surface area contributed by atoms with E-state index in [1.54, 1.807) is 24.3 Å². The third-order valence-corrected chi connectivity index (χ3v) is 5.47. The summed E-state index contributed by atoms with van der Waals surface area (Å²) >= 11 is 0. The smallest absolute Gasteiger partial charge is 0.289 e. The van der Waals surface area contributed by atoms with E-state index < -0.39 is 20.6 Å². The predicted molar refractivity (Wildman–Crippen MR) is 93.2 cm³/mol. The molecule has 1 fully saturated rings. The number of sulfonamides is 1. The van der Waals surface area contributed by atoms with Crippen LogP contribution in [0.1, 0.15) is 25.7 Å². The molecular weight excluding hydrogens is 344 g/mol. The molecule has 0 bridgehead atoms. The molecular formula is C17H18N2O5S. The van der Waals surface area contributed by atoms with Gasteiger partial charge in [-0.05, 0) is 43.9 Å². The lowest BCUT2D eigenvalue weighted by Gasteiger charge is -2.14. The minimum atomic E-state index is -4.08. The molecule has 0 unspecified atom stereocenters. The van der Waals surface area contributed by atoms with E-state index in [1.165, 1.54) is 18.2 Å². The van der Waals surface area contributed by atoms with E-state index in [0.717, 1.165) is 31.7 Å². The standard InChI is InChI=1S/C17H18N2O5S/c20-19(21)16-10-3-4-11-17(16)25(22,23)18-13-6-5-9-15(12-13)24-14-7-1-2-8-14/h3-6,9-12,14,18H,1-2,7-8H2. The van der Waals surface area contributed by atoms with Crippen LogP contribution in [0.15, 0.2) is 53.4 Å². The van der Waals surface area contributed by atoms with Crippen LogP contribution < -0.4 is 9.46 Å². The highest BCUT2D eigenvalue weighted by Crippen LogP contribution is 2.28. The Morgan fingerprint density at radius 2 is 1.80 bits per heavy atom. The number of nitrogens with zero attached hydrogens (tertiary/aromatic N) is 1. The zero-order chi connectivity index (χ0) is 17.9. The first kappa shape index (κ1) is 17.2. The summed E-state index contributed by atoms with van der Waals surface area (Å²) in [5.74, 6) is 0.578. The Kier molecular flexibility index (Phi) is 4.89. The molecule has 0 heterocycles. The van der Waals surface area contributed by atoms with Gasteiger partial charge in [0.15, 0.2) is 4.90 Å². The van der Waals surface area contributed by atoms with Crippen LogP contribution in [-0.2, 0) is 10.0 Å². The van der Waals surface area contributed by atoms with Gasteiger partial charge in [-0.25, -0.2) is 8.42 Å². The molecule has 0 aromatic heterocycles. The molecule has 1 aliphatic carbocycles. The Morgan fingerprint density at radius 1 is 1.08 bits per heavy atom. The van der Waals surface area contributed by atoms with Crippen molar-refractivity contribution in [3.63, 3.8) is 0 Å². The third-order valence-electron chi connectivity index (χ3n) is 4.04. The van der Waals surface area contributed by atoms with Crippen molar-refractivity contribution in [1.82, 2.24) is 0 Å². The van der Waals surface area contributed by atoms with Gasteiger partial charge >= 0.3 is 0 Å². The predicted octanol–water partition coefficient (Wildman–Crippen LogP) is 3.72. The number of hydrogen-bond acceptors (Lipinski definition) is 5. The highest BCUT2D eigenvalue weighted by atomic mass is 32.2. The van der Waals surface area contributed by atoms with Crippen molar-refractivity contribution in [2.75, 3.05) is 4.72 Å². The van der Waals surface area contributed by atoms with E-state index in [1.807, 2.05) is 0 Å². The average molecular weight is 362 g/mol. The molecule has 0 amide bonds. The molecule has 7 nitrogen and oxygen atoms in total. The molecule has 3 rings (SSSR count). The molecule has 2 aromatic carbocycles. The van der Waals surface area contributed by atoms with Crippen molar-refractivity contribution < 1.29 is 18.1 Å². The SMILES string of the molecule is O=[N+]([O-])c1ccccc1S(=O)(=O)Nc1cccc(OC2CCCC2)c1. The van der Waals surface area contributed by atoms with Gasteiger partial charge in [-0.1, -0.05) is 18.2 Å². The maximum Gasteiger partial charge on any atom is 0.289 e. The number of para-hydroxylation sites is 1. The van der Waals surface area contributed by atoms with Gasteiger partial charge in [0, 0.05) is 12.1 Å². The molecule has 25 heavy (non-hydrogen) atoms. The maximum absolute atomic E-state index is 12.5. The third kappa shape index (κ3) is 4.08. The zero-order valence-corrected chi connectivity index (χ0v) is 14.2. The molecule has 2 aromatic rings. The number of nitro groups is 1. The maximum atomic E-state index is 12.5. The first-order valence-corrected chi connectivity index (χ1v) is 9.47. The van der Waals surface area contributed by atoms with E-state index in [-0.39, 0.29) is 11.0 Å². The number of ether oxygens (including phenoxy) is 1. The number of rotatable bonds is 6. The summed E-state index contributed by atoms with van der Waals surface area (Å²) < 4.78 is 33.3. The van der Waals surface area contributed by atoms with Gasteiger partial charge in [-0.15, -0.1) is 0 Å². The fourth-order valence-corrected chi connectivity index (χ4v) is 4.10. The largest absolute Gasteiger partial charge is 0.490 e. The number of hydrogen-bond donors (Lipinski definition) is 1. The summed E-state index contributed by atoms with van der Waals surface area (Å²) in [6, 6.07) is 11.9. The van der Waals surface area contributed by atoms with Crippen molar-refractivity contribution in [2.45, 2.75) is 36.7 Å². The number of nitro benzene ring substituents is 1. The Morgan fingerprint density at radius 3 is 2.52 bits per heavy atom. The highest BCUT2D eigenvalue weighted by Gasteiger charge is 2.25. The molecule has 0 saturated heterocycles. The highest BCUT2D eigenvalue weighted by molar-refractivity contribution is 7.92. The van der Waals surface area contributed by atoms with E-state index >= 15 is 0 Å². The molecule has 0 aliphatic heterocycles. The average Bonchev–Trinajstić information content (AvgIpc) is 3.07. The Labute approximate surface area is 145 Å². The lowest BCUT2D eigenvalue weighted by Crippen LogP contribution is -2.15. The molecule has 8 heteroatoms. The van der Waals surface area contributed by atoms with Gasteiger partial charge in [0.2, 0.25) is 0 Å². The topological polar surface area (TPSA) is 98.5 Å². The molecule has 132 valence electrons.